The number of halogens is 2. The molecule has 0 saturated carbocycles. The van der Waals surface area contributed by atoms with E-state index in [1.165, 1.54) is 7.11 Å². The highest BCUT2D eigenvalue weighted by molar-refractivity contribution is 9.10. The number of carbonyl (C=O) groups is 1. The lowest BCUT2D eigenvalue weighted by molar-refractivity contribution is -0.144. The van der Waals surface area contributed by atoms with Crippen LogP contribution >= 0.6 is 27.5 Å². The van der Waals surface area contributed by atoms with Gasteiger partial charge in [0.25, 0.3) is 0 Å². The Balaban J connectivity index is 2.67. The monoisotopic (exact) mass is 333 g/mol. The van der Waals surface area contributed by atoms with Crippen molar-refractivity contribution >= 4 is 33.5 Å². The minimum atomic E-state index is -0.308. The first-order chi connectivity index (χ1) is 8.45. The van der Waals surface area contributed by atoms with E-state index in [-0.39, 0.29) is 17.9 Å². The summed E-state index contributed by atoms with van der Waals surface area (Å²) in [5, 5.41) is 3.84. The number of nitrogens with one attached hydrogen (secondary N) is 1. The summed E-state index contributed by atoms with van der Waals surface area (Å²) >= 11 is 9.36. The molecule has 1 N–H and O–H groups in total. The molecule has 0 aromatic heterocycles. The lowest BCUT2D eigenvalue weighted by atomic mass is 10.0. The molecule has 0 unspecified atom stereocenters. The zero-order valence-electron chi connectivity index (χ0n) is 10.7. The zero-order valence-corrected chi connectivity index (χ0v) is 13.0. The minimum Gasteiger partial charge on any atom is -0.468 e. The highest BCUT2D eigenvalue weighted by Crippen LogP contribution is 2.23. The molecule has 0 radical (unpaired) electrons. The summed E-state index contributed by atoms with van der Waals surface area (Å²) in [6.07, 6.45) is 0. The third-order valence-corrected chi connectivity index (χ3v) is 3.86. The quantitative estimate of drug-likeness (QED) is 0.839. The number of methoxy groups -OCH3 is 1. The van der Waals surface area contributed by atoms with Crippen molar-refractivity contribution in [1.29, 1.82) is 0 Å². The average Bonchev–Trinajstić information content (AvgIpc) is 2.33. The first-order valence-corrected chi connectivity index (χ1v) is 6.88. The number of hydrogen-bond donors (Lipinski definition) is 1. The molecule has 18 heavy (non-hydrogen) atoms. The second-order valence-corrected chi connectivity index (χ2v) is 5.64. The predicted octanol–water partition coefficient (Wildman–Crippen LogP) is 3.39. The summed E-state index contributed by atoms with van der Waals surface area (Å²) in [6, 6.07) is 5.41. The highest BCUT2D eigenvalue weighted by atomic mass is 79.9. The lowest BCUT2D eigenvalue weighted by Crippen LogP contribution is -2.41. The van der Waals surface area contributed by atoms with Gasteiger partial charge in [0, 0.05) is 11.0 Å². The summed E-state index contributed by atoms with van der Waals surface area (Å²) in [5.41, 5.74) is 1.03. The van der Waals surface area contributed by atoms with Crippen LogP contribution in [0.2, 0.25) is 5.02 Å². The maximum absolute atomic E-state index is 11.6. The highest BCUT2D eigenvalue weighted by Gasteiger charge is 2.22. The van der Waals surface area contributed by atoms with Crippen LogP contribution in [0, 0.1) is 5.92 Å². The van der Waals surface area contributed by atoms with Crippen molar-refractivity contribution in [3.63, 3.8) is 0 Å². The van der Waals surface area contributed by atoms with Crippen molar-refractivity contribution in [2.45, 2.75) is 26.4 Å². The van der Waals surface area contributed by atoms with E-state index >= 15 is 0 Å². The molecule has 1 atom stereocenters. The van der Waals surface area contributed by atoms with Gasteiger partial charge in [0.2, 0.25) is 0 Å². The third-order valence-electron chi connectivity index (χ3n) is 2.63. The molecule has 0 heterocycles. The van der Waals surface area contributed by atoms with Crippen molar-refractivity contribution in [2.75, 3.05) is 7.11 Å². The van der Waals surface area contributed by atoms with Crippen molar-refractivity contribution in [2.24, 2.45) is 5.92 Å². The largest absolute Gasteiger partial charge is 0.468 e. The van der Waals surface area contributed by atoms with Gasteiger partial charge in [-0.05, 0) is 39.5 Å². The van der Waals surface area contributed by atoms with Crippen LogP contribution in [0.1, 0.15) is 19.4 Å². The number of benzene rings is 1. The minimum absolute atomic E-state index is 0.170. The second kappa shape index (κ2) is 7.12. The van der Waals surface area contributed by atoms with Crippen LogP contribution in [-0.4, -0.2) is 19.1 Å². The van der Waals surface area contributed by atoms with Crippen LogP contribution in [0.25, 0.3) is 0 Å². The smallest absolute Gasteiger partial charge is 0.323 e. The van der Waals surface area contributed by atoms with E-state index in [0.29, 0.717) is 11.6 Å². The first kappa shape index (κ1) is 15.5. The molecule has 0 aliphatic carbocycles. The molecule has 0 aliphatic rings. The van der Waals surface area contributed by atoms with Crippen molar-refractivity contribution in [3.05, 3.63) is 33.3 Å². The molecule has 1 aromatic rings. The SMILES string of the molecule is COC(=O)[C@@H](NCc1ccc(Br)c(Cl)c1)C(C)C. The van der Waals surface area contributed by atoms with E-state index in [9.17, 15) is 4.79 Å². The normalized spacial score (nSPS) is 12.6. The summed E-state index contributed by atoms with van der Waals surface area (Å²) in [7, 11) is 1.40. The molecule has 0 bridgehead atoms. The van der Waals surface area contributed by atoms with Gasteiger partial charge in [-0.2, -0.15) is 0 Å². The Bertz CT molecular complexity index is 423. The zero-order chi connectivity index (χ0) is 13.7. The Labute approximate surface area is 121 Å². The van der Waals surface area contributed by atoms with Gasteiger partial charge in [-0.15, -0.1) is 0 Å². The molecule has 0 aliphatic heterocycles. The van der Waals surface area contributed by atoms with Gasteiger partial charge in [0.05, 0.1) is 12.1 Å². The van der Waals surface area contributed by atoms with Gasteiger partial charge >= 0.3 is 5.97 Å². The van der Waals surface area contributed by atoms with Crippen LogP contribution in [-0.2, 0) is 16.1 Å². The molecule has 5 heteroatoms. The van der Waals surface area contributed by atoms with E-state index in [2.05, 4.69) is 21.2 Å². The molecule has 0 saturated heterocycles. The maximum Gasteiger partial charge on any atom is 0.323 e. The van der Waals surface area contributed by atoms with Gasteiger partial charge in [-0.1, -0.05) is 31.5 Å². The molecule has 0 spiro atoms. The number of ether oxygens (including phenoxy) is 1. The number of carbonyl (C=O) groups excluding carboxylic acids is 1. The second-order valence-electron chi connectivity index (χ2n) is 4.37. The first-order valence-electron chi connectivity index (χ1n) is 5.70. The number of esters is 1. The summed E-state index contributed by atoms with van der Waals surface area (Å²) in [6.45, 7) is 4.53. The Kier molecular flexibility index (Phi) is 6.12. The molecule has 1 rings (SSSR count). The summed E-state index contributed by atoms with van der Waals surface area (Å²) in [4.78, 5) is 11.6. The van der Waals surface area contributed by atoms with E-state index in [0.717, 1.165) is 10.0 Å². The van der Waals surface area contributed by atoms with Gasteiger partial charge in [-0.3, -0.25) is 4.79 Å². The Morgan fingerprint density at radius 2 is 2.17 bits per heavy atom. The van der Waals surface area contributed by atoms with E-state index in [4.69, 9.17) is 16.3 Å². The fraction of sp³-hybridized carbons (Fsp3) is 0.462. The van der Waals surface area contributed by atoms with Gasteiger partial charge < -0.3 is 10.1 Å². The summed E-state index contributed by atoms with van der Waals surface area (Å²) in [5.74, 6) is -0.0726. The Morgan fingerprint density at radius 1 is 1.50 bits per heavy atom. The van der Waals surface area contributed by atoms with Gasteiger partial charge in [0.1, 0.15) is 6.04 Å². The topological polar surface area (TPSA) is 38.3 Å². The standard InChI is InChI=1S/C13H17BrClNO2/c1-8(2)12(13(17)18-3)16-7-9-4-5-10(14)11(15)6-9/h4-6,8,12,16H,7H2,1-3H3/t12-/m0/s1. The van der Waals surface area contributed by atoms with E-state index < -0.39 is 0 Å². The predicted molar refractivity (Wildman–Crippen MR) is 76.6 cm³/mol. The van der Waals surface area contributed by atoms with Crippen LogP contribution < -0.4 is 5.32 Å². The molecule has 1 aromatic carbocycles. The van der Waals surface area contributed by atoms with Crippen molar-refractivity contribution < 1.29 is 9.53 Å². The number of hydrogen-bond acceptors (Lipinski definition) is 3. The molecule has 0 amide bonds. The fourth-order valence-electron chi connectivity index (χ4n) is 1.60. The van der Waals surface area contributed by atoms with Gasteiger partial charge in [-0.25, -0.2) is 0 Å². The molecule has 100 valence electrons. The van der Waals surface area contributed by atoms with E-state index in [1.54, 1.807) is 0 Å². The third kappa shape index (κ3) is 4.26. The Morgan fingerprint density at radius 3 is 2.67 bits per heavy atom. The van der Waals surface area contributed by atoms with Crippen LogP contribution in [0.5, 0.6) is 0 Å². The van der Waals surface area contributed by atoms with Crippen LogP contribution in [0.4, 0.5) is 0 Å². The summed E-state index contributed by atoms with van der Waals surface area (Å²) < 4.78 is 5.63. The fourth-order valence-corrected chi connectivity index (χ4v) is 2.05. The Hall–Kier alpha value is -0.580. The molecule has 0 fully saturated rings. The van der Waals surface area contributed by atoms with E-state index in [1.807, 2.05) is 32.0 Å². The number of rotatable bonds is 5. The maximum atomic E-state index is 11.6. The molecular weight excluding hydrogens is 318 g/mol. The van der Waals surface area contributed by atoms with Crippen LogP contribution in [0.15, 0.2) is 22.7 Å². The van der Waals surface area contributed by atoms with Crippen molar-refractivity contribution in [3.8, 4) is 0 Å². The van der Waals surface area contributed by atoms with Crippen LogP contribution in [0.3, 0.4) is 0 Å². The molecular formula is C13H17BrClNO2. The average molecular weight is 335 g/mol. The molecule has 3 nitrogen and oxygen atoms in total. The van der Waals surface area contributed by atoms with Gasteiger partial charge in [0.15, 0.2) is 0 Å². The van der Waals surface area contributed by atoms with Crippen molar-refractivity contribution in [1.82, 2.24) is 5.32 Å². The lowest BCUT2D eigenvalue weighted by Gasteiger charge is -2.20.